The number of hydrogen-bond acceptors (Lipinski definition) is 4. The zero-order valence-electron chi connectivity index (χ0n) is 14.1. The highest BCUT2D eigenvalue weighted by Gasteiger charge is 2.18. The van der Waals surface area contributed by atoms with Crippen LogP contribution in [0.25, 0.3) is 5.69 Å². The summed E-state index contributed by atoms with van der Waals surface area (Å²) in [7, 11) is 0. The van der Waals surface area contributed by atoms with Crippen LogP contribution in [0.2, 0.25) is 0 Å². The lowest BCUT2D eigenvalue weighted by Crippen LogP contribution is -2.13. The number of rotatable bonds is 4. The van der Waals surface area contributed by atoms with E-state index < -0.39 is 16.6 Å². The van der Waals surface area contributed by atoms with Gasteiger partial charge in [-0.05, 0) is 32.0 Å². The molecule has 0 saturated carbocycles. The summed E-state index contributed by atoms with van der Waals surface area (Å²) < 4.78 is 15.3. The smallest absolute Gasteiger partial charge is 0.274 e. The number of hydrogen-bond donors (Lipinski definition) is 1. The molecule has 0 atom stereocenters. The van der Waals surface area contributed by atoms with Crippen LogP contribution < -0.4 is 5.32 Å². The minimum atomic E-state index is -0.507. The molecule has 7 nitrogen and oxygen atoms in total. The van der Waals surface area contributed by atoms with Gasteiger partial charge in [0.05, 0.1) is 22.4 Å². The highest BCUT2D eigenvalue weighted by Crippen LogP contribution is 2.23. The Morgan fingerprint density at radius 2 is 1.96 bits per heavy atom. The predicted octanol–water partition coefficient (Wildman–Crippen LogP) is 3.79. The van der Waals surface area contributed by atoms with E-state index in [1.54, 1.807) is 44.2 Å². The Balaban J connectivity index is 1.89. The van der Waals surface area contributed by atoms with Gasteiger partial charge < -0.3 is 5.32 Å². The first-order chi connectivity index (χ1) is 12.4. The van der Waals surface area contributed by atoms with Crippen molar-refractivity contribution < 1.29 is 14.1 Å². The van der Waals surface area contributed by atoms with E-state index in [-0.39, 0.29) is 16.9 Å². The number of benzene rings is 2. The quantitative estimate of drug-likeness (QED) is 0.570. The van der Waals surface area contributed by atoms with Crippen molar-refractivity contribution in [1.82, 2.24) is 9.78 Å². The van der Waals surface area contributed by atoms with E-state index in [0.717, 1.165) is 0 Å². The molecule has 0 saturated heterocycles. The minimum absolute atomic E-state index is 0.0819. The minimum Gasteiger partial charge on any atom is -0.322 e. The van der Waals surface area contributed by atoms with Crippen molar-refractivity contribution in [3.05, 3.63) is 81.4 Å². The first-order valence-corrected chi connectivity index (χ1v) is 7.74. The zero-order chi connectivity index (χ0) is 18.8. The second kappa shape index (κ2) is 6.75. The van der Waals surface area contributed by atoms with E-state index in [4.69, 9.17) is 0 Å². The van der Waals surface area contributed by atoms with Gasteiger partial charge in [-0.25, -0.2) is 9.07 Å². The zero-order valence-corrected chi connectivity index (χ0v) is 14.1. The summed E-state index contributed by atoms with van der Waals surface area (Å²) in [6, 6.07) is 10.5. The predicted molar refractivity (Wildman–Crippen MR) is 94.0 cm³/mol. The normalized spacial score (nSPS) is 10.6. The Morgan fingerprint density at radius 3 is 2.65 bits per heavy atom. The van der Waals surface area contributed by atoms with Gasteiger partial charge in [0, 0.05) is 17.3 Å². The SMILES string of the molecule is Cc1ccc(NC(=O)c2cnn(-c3ccccc3F)c2C)cc1[N+](=O)[O-]. The largest absolute Gasteiger partial charge is 0.322 e. The van der Waals surface area contributed by atoms with E-state index in [1.165, 1.54) is 23.0 Å². The van der Waals surface area contributed by atoms with Gasteiger partial charge in [0.2, 0.25) is 0 Å². The number of nitro groups is 1. The number of nitrogens with one attached hydrogen (secondary N) is 1. The fourth-order valence-electron chi connectivity index (χ4n) is 2.58. The fourth-order valence-corrected chi connectivity index (χ4v) is 2.58. The number of para-hydroxylation sites is 1. The molecule has 3 rings (SSSR count). The van der Waals surface area contributed by atoms with Crippen LogP contribution in [0, 0.1) is 29.8 Å². The second-order valence-electron chi connectivity index (χ2n) is 5.72. The number of carbonyl (C=O) groups excluding carboxylic acids is 1. The molecule has 0 bridgehead atoms. The maximum Gasteiger partial charge on any atom is 0.274 e. The third-order valence-corrected chi connectivity index (χ3v) is 4.00. The van der Waals surface area contributed by atoms with E-state index in [1.807, 2.05) is 0 Å². The number of nitro benzene ring substituents is 1. The van der Waals surface area contributed by atoms with Gasteiger partial charge in [0.1, 0.15) is 11.5 Å². The van der Waals surface area contributed by atoms with Crippen molar-refractivity contribution in [3.63, 3.8) is 0 Å². The van der Waals surface area contributed by atoms with E-state index in [0.29, 0.717) is 16.9 Å². The molecule has 1 amide bonds. The van der Waals surface area contributed by atoms with Gasteiger partial charge in [0.15, 0.2) is 0 Å². The van der Waals surface area contributed by atoms with Crippen molar-refractivity contribution in [2.75, 3.05) is 5.32 Å². The molecule has 0 unspecified atom stereocenters. The standard InChI is InChI=1S/C18H15FN4O3/c1-11-7-8-13(9-17(11)23(25)26)21-18(24)14-10-20-22(12(14)2)16-6-4-3-5-15(16)19/h3-10H,1-2H3,(H,21,24). The Hall–Kier alpha value is -3.55. The van der Waals surface area contributed by atoms with Crippen molar-refractivity contribution in [3.8, 4) is 5.69 Å². The first-order valence-electron chi connectivity index (χ1n) is 7.74. The Kier molecular flexibility index (Phi) is 4.49. The molecule has 0 fully saturated rings. The average Bonchev–Trinajstić information content (AvgIpc) is 2.98. The lowest BCUT2D eigenvalue weighted by molar-refractivity contribution is -0.385. The summed E-state index contributed by atoms with van der Waals surface area (Å²) in [5, 5.41) is 17.7. The maximum absolute atomic E-state index is 13.9. The van der Waals surface area contributed by atoms with E-state index in [2.05, 4.69) is 10.4 Å². The Morgan fingerprint density at radius 1 is 1.23 bits per heavy atom. The summed E-state index contributed by atoms with van der Waals surface area (Å²) in [6.45, 7) is 3.26. The molecule has 0 aliphatic carbocycles. The van der Waals surface area contributed by atoms with Gasteiger partial charge in [-0.15, -0.1) is 0 Å². The third-order valence-electron chi connectivity index (χ3n) is 4.00. The summed E-state index contributed by atoms with van der Waals surface area (Å²) in [5.74, 6) is -0.942. The number of carbonyl (C=O) groups is 1. The molecule has 1 aromatic heterocycles. The van der Waals surface area contributed by atoms with E-state index in [9.17, 15) is 19.3 Å². The van der Waals surface area contributed by atoms with Crippen molar-refractivity contribution in [2.45, 2.75) is 13.8 Å². The molecule has 8 heteroatoms. The molecule has 1 heterocycles. The summed E-state index contributed by atoms with van der Waals surface area (Å²) in [5.41, 5.74) is 1.64. The van der Waals surface area contributed by atoms with Crippen LogP contribution in [0.4, 0.5) is 15.8 Å². The molecule has 2 aromatic carbocycles. The third kappa shape index (κ3) is 3.16. The van der Waals surface area contributed by atoms with Crippen LogP contribution in [0.1, 0.15) is 21.6 Å². The van der Waals surface area contributed by atoms with Crippen LogP contribution >= 0.6 is 0 Å². The Labute approximate surface area is 148 Å². The second-order valence-corrected chi connectivity index (χ2v) is 5.72. The van der Waals surface area contributed by atoms with Crippen LogP contribution in [0.5, 0.6) is 0 Å². The van der Waals surface area contributed by atoms with Gasteiger partial charge in [-0.3, -0.25) is 14.9 Å². The lowest BCUT2D eigenvalue weighted by Gasteiger charge is -2.08. The first kappa shape index (κ1) is 17.3. The summed E-state index contributed by atoms with van der Waals surface area (Å²) in [4.78, 5) is 23.0. The molecule has 0 aliphatic rings. The molecular weight excluding hydrogens is 339 g/mol. The van der Waals surface area contributed by atoms with Crippen LogP contribution in [-0.4, -0.2) is 20.6 Å². The highest BCUT2D eigenvalue weighted by atomic mass is 19.1. The number of aromatic nitrogens is 2. The molecule has 0 radical (unpaired) electrons. The van der Waals surface area contributed by atoms with Crippen molar-refractivity contribution in [2.24, 2.45) is 0 Å². The molecule has 0 spiro atoms. The molecule has 132 valence electrons. The van der Waals surface area contributed by atoms with Gasteiger partial charge in [0.25, 0.3) is 11.6 Å². The number of amides is 1. The highest BCUT2D eigenvalue weighted by molar-refractivity contribution is 6.05. The van der Waals surface area contributed by atoms with Crippen LogP contribution in [0.15, 0.2) is 48.7 Å². The maximum atomic E-state index is 13.9. The summed E-state index contributed by atoms with van der Waals surface area (Å²) in [6.07, 6.45) is 1.33. The molecule has 0 aliphatic heterocycles. The molecular formula is C18H15FN4O3. The monoisotopic (exact) mass is 354 g/mol. The van der Waals surface area contributed by atoms with Crippen LogP contribution in [0.3, 0.4) is 0 Å². The number of aryl methyl sites for hydroxylation is 1. The average molecular weight is 354 g/mol. The van der Waals surface area contributed by atoms with Crippen molar-refractivity contribution >= 4 is 17.3 Å². The number of halogens is 1. The van der Waals surface area contributed by atoms with Gasteiger partial charge >= 0.3 is 0 Å². The Bertz CT molecular complexity index is 1010. The molecule has 26 heavy (non-hydrogen) atoms. The lowest BCUT2D eigenvalue weighted by atomic mass is 10.1. The fraction of sp³-hybridized carbons (Fsp3) is 0.111. The topological polar surface area (TPSA) is 90.1 Å². The summed E-state index contributed by atoms with van der Waals surface area (Å²) >= 11 is 0. The molecule has 1 N–H and O–H groups in total. The van der Waals surface area contributed by atoms with E-state index >= 15 is 0 Å². The number of nitrogens with zero attached hydrogens (tertiary/aromatic N) is 3. The number of anilines is 1. The van der Waals surface area contributed by atoms with Crippen molar-refractivity contribution in [1.29, 1.82) is 0 Å². The van der Waals surface area contributed by atoms with Crippen LogP contribution in [-0.2, 0) is 0 Å². The molecule has 3 aromatic rings. The van der Waals surface area contributed by atoms with Gasteiger partial charge in [-0.1, -0.05) is 18.2 Å². The van der Waals surface area contributed by atoms with Gasteiger partial charge in [-0.2, -0.15) is 5.10 Å².